The molecule has 0 aromatic heterocycles. The summed E-state index contributed by atoms with van der Waals surface area (Å²) in [5.74, 6) is -1.82. The van der Waals surface area contributed by atoms with Gasteiger partial charge < -0.3 is 10.6 Å². The molecule has 1 amide bonds. The van der Waals surface area contributed by atoms with Crippen LogP contribution in [0.4, 0.5) is 17.6 Å². The van der Waals surface area contributed by atoms with Gasteiger partial charge in [0.2, 0.25) is 0 Å². The van der Waals surface area contributed by atoms with Gasteiger partial charge in [-0.3, -0.25) is 4.79 Å². The van der Waals surface area contributed by atoms with Crippen molar-refractivity contribution in [2.75, 3.05) is 13.1 Å². The summed E-state index contributed by atoms with van der Waals surface area (Å²) >= 11 is 4.68. The lowest BCUT2D eigenvalue weighted by Gasteiger charge is -2.21. The summed E-state index contributed by atoms with van der Waals surface area (Å²) in [6, 6.07) is 1.75. The van der Waals surface area contributed by atoms with Crippen molar-refractivity contribution in [3.63, 3.8) is 0 Å². The van der Waals surface area contributed by atoms with Crippen LogP contribution in [0.15, 0.2) is 18.2 Å². The summed E-state index contributed by atoms with van der Waals surface area (Å²) in [4.78, 5) is 13.5. The molecule has 21 heavy (non-hydrogen) atoms. The van der Waals surface area contributed by atoms with E-state index in [0.717, 1.165) is 0 Å². The lowest BCUT2D eigenvalue weighted by Crippen LogP contribution is -2.34. The predicted molar refractivity (Wildman–Crippen MR) is 74.4 cm³/mol. The molecule has 0 atom stereocenters. The predicted octanol–water partition coefficient (Wildman–Crippen LogP) is 2.98. The van der Waals surface area contributed by atoms with E-state index in [1.54, 1.807) is 6.92 Å². The molecule has 0 saturated carbocycles. The smallest absolute Gasteiger partial charge is 0.393 e. The van der Waals surface area contributed by atoms with Gasteiger partial charge in [0.05, 0.1) is 16.1 Å². The summed E-state index contributed by atoms with van der Waals surface area (Å²) in [7, 11) is 0. The molecule has 0 fully saturated rings. The van der Waals surface area contributed by atoms with Crippen molar-refractivity contribution in [3.05, 3.63) is 35.1 Å². The first-order valence-corrected chi connectivity index (χ1v) is 6.52. The van der Waals surface area contributed by atoms with Crippen molar-refractivity contribution in [1.82, 2.24) is 4.90 Å². The average molecular weight is 322 g/mol. The van der Waals surface area contributed by atoms with Gasteiger partial charge in [0.15, 0.2) is 0 Å². The van der Waals surface area contributed by atoms with E-state index in [1.807, 2.05) is 0 Å². The maximum atomic E-state index is 13.6. The Kier molecular flexibility index (Phi) is 5.65. The number of hydrogen-bond acceptors (Lipinski definition) is 2. The Morgan fingerprint density at radius 1 is 1.38 bits per heavy atom. The molecule has 0 aliphatic heterocycles. The molecule has 116 valence electrons. The highest BCUT2D eigenvalue weighted by Gasteiger charge is 2.32. The Bertz CT molecular complexity index is 545. The first-order chi connectivity index (χ1) is 9.66. The van der Waals surface area contributed by atoms with Gasteiger partial charge in [0.25, 0.3) is 5.91 Å². The van der Waals surface area contributed by atoms with E-state index in [2.05, 4.69) is 12.2 Å². The second-order valence-electron chi connectivity index (χ2n) is 4.29. The van der Waals surface area contributed by atoms with E-state index in [9.17, 15) is 22.4 Å². The molecule has 0 aliphatic carbocycles. The van der Waals surface area contributed by atoms with Crippen LogP contribution < -0.4 is 5.73 Å². The van der Waals surface area contributed by atoms with Gasteiger partial charge in [-0.05, 0) is 25.1 Å². The van der Waals surface area contributed by atoms with Crippen LogP contribution in [0.1, 0.15) is 29.3 Å². The molecule has 1 aromatic rings. The molecular weight excluding hydrogens is 308 g/mol. The van der Waals surface area contributed by atoms with Gasteiger partial charge in [-0.2, -0.15) is 13.2 Å². The number of halogens is 4. The number of nitrogens with two attached hydrogens (primary N) is 1. The van der Waals surface area contributed by atoms with Crippen LogP contribution in [0.25, 0.3) is 0 Å². The average Bonchev–Trinajstić information content (AvgIpc) is 2.37. The standard InChI is InChI=1S/C13H14F4N2OS/c1-2-19(6-5-11(18)21)12(20)9-7-8(13(15,16)17)3-4-10(9)14/h3-4,7H,2,5-6H2,1H3,(H2,18,21). The SMILES string of the molecule is CCN(CCC(N)=S)C(=O)c1cc(C(F)(F)F)ccc1F. The Balaban J connectivity index is 3.07. The number of carbonyl (C=O) groups excluding carboxylic acids is 1. The molecule has 0 aliphatic rings. The van der Waals surface area contributed by atoms with Gasteiger partial charge in [0, 0.05) is 19.5 Å². The number of nitrogens with zero attached hydrogens (tertiary/aromatic N) is 1. The second-order valence-corrected chi connectivity index (χ2v) is 4.82. The Hall–Kier alpha value is -1.70. The molecule has 0 spiro atoms. The summed E-state index contributed by atoms with van der Waals surface area (Å²) in [6.07, 6.45) is -4.42. The van der Waals surface area contributed by atoms with Crippen molar-refractivity contribution < 1.29 is 22.4 Å². The Morgan fingerprint density at radius 2 is 2.00 bits per heavy atom. The molecule has 0 saturated heterocycles. The highest BCUT2D eigenvalue weighted by Crippen LogP contribution is 2.30. The van der Waals surface area contributed by atoms with Crippen LogP contribution in [0, 0.1) is 5.82 Å². The highest BCUT2D eigenvalue weighted by atomic mass is 32.1. The van der Waals surface area contributed by atoms with Crippen molar-refractivity contribution in [2.45, 2.75) is 19.5 Å². The van der Waals surface area contributed by atoms with Crippen molar-refractivity contribution in [2.24, 2.45) is 5.73 Å². The minimum Gasteiger partial charge on any atom is -0.393 e. The van der Waals surface area contributed by atoms with Crippen LogP contribution in [0.3, 0.4) is 0 Å². The normalized spacial score (nSPS) is 11.3. The summed E-state index contributed by atoms with van der Waals surface area (Å²) < 4.78 is 51.5. The lowest BCUT2D eigenvalue weighted by molar-refractivity contribution is -0.137. The van der Waals surface area contributed by atoms with Crippen LogP contribution in [0.2, 0.25) is 0 Å². The minimum absolute atomic E-state index is 0.125. The number of hydrogen-bond donors (Lipinski definition) is 1. The Labute approximate surface area is 124 Å². The van der Waals surface area contributed by atoms with Gasteiger partial charge in [0.1, 0.15) is 5.82 Å². The second kappa shape index (κ2) is 6.84. The molecular formula is C13H14F4N2OS. The van der Waals surface area contributed by atoms with Gasteiger partial charge >= 0.3 is 6.18 Å². The maximum Gasteiger partial charge on any atom is 0.416 e. The third-order valence-electron chi connectivity index (χ3n) is 2.82. The minimum atomic E-state index is -4.64. The fourth-order valence-electron chi connectivity index (χ4n) is 1.68. The van der Waals surface area contributed by atoms with E-state index < -0.39 is 29.0 Å². The first kappa shape index (κ1) is 17.4. The summed E-state index contributed by atoms with van der Waals surface area (Å²) in [5, 5.41) is 0. The Morgan fingerprint density at radius 3 is 2.48 bits per heavy atom. The third-order valence-corrected chi connectivity index (χ3v) is 3.03. The summed E-state index contributed by atoms with van der Waals surface area (Å²) in [5.41, 5.74) is 3.63. The van der Waals surface area contributed by atoms with Gasteiger partial charge in [-0.1, -0.05) is 12.2 Å². The number of alkyl halides is 3. The third kappa shape index (κ3) is 4.66. The monoisotopic (exact) mass is 322 g/mol. The zero-order valence-electron chi connectivity index (χ0n) is 11.2. The lowest BCUT2D eigenvalue weighted by atomic mass is 10.1. The zero-order valence-corrected chi connectivity index (χ0v) is 12.0. The molecule has 8 heteroatoms. The van der Waals surface area contributed by atoms with Gasteiger partial charge in [-0.25, -0.2) is 4.39 Å². The van der Waals surface area contributed by atoms with E-state index in [-0.39, 0.29) is 24.5 Å². The first-order valence-electron chi connectivity index (χ1n) is 6.11. The van der Waals surface area contributed by atoms with Gasteiger partial charge in [-0.15, -0.1) is 0 Å². The number of benzene rings is 1. The highest BCUT2D eigenvalue weighted by molar-refractivity contribution is 7.80. The van der Waals surface area contributed by atoms with E-state index in [0.29, 0.717) is 18.2 Å². The van der Waals surface area contributed by atoms with E-state index >= 15 is 0 Å². The zero-order chi connectivity index (χ0) is 16.2. The molecule has 2 N–H and O–H groups in total. The number of thiocarbonyl (C=S) groups is 1. The van der Waals surface area contributed by atoms with Crippen LogP contribution >= 0.6 is 12.2 Å². The number of carbonyl (C=O) groups is 1. The summed E-state index contributed by atoms with van der Waals surface area (Å²) in [6.45, 7) is 1.96. The van der Waals surface area contributed by atoms with Crippen molar-refractivity contribution in [1.29, 1.82) is 0 Å². The fraction of sp³-hybridized carbons (Fsp3) is 0.385. The molecule has 0 unspecified atom stereocenters. The van der Waals surface area contributed by atoms with Crippen molar-refractivity contribution in [3.8, 4) is 0 Å². The molecule has 3 nitrogen and oxygen atoms in total. The van der Waals surface area contributed by atoms with Crippen LogP contribution in [-0.2, 0) is 6.18 Å². The number of rotatable bonds is 5. The quantitative estimate of drug-likeness (QED) is 0.670. The van der Waals surface area contributed by atoms with E-state index in [4.69, 9.17) is 5.73 Å². The topological polar surface area (TPSA) is 46.3 Å². The molecule has 0 radical (unpaired) electrons. The molecule has 1 aromatic carbocycles. The molecule has 1 rings (SSSR count). The van der Waals surface area contributed by atoms with Crippen LogP contribution in [0.5, 0.6) is 0 Å². The molecule has 0 heterocycles. The van der Waals surface area contributed by atoms with E-state index in [1.165, 1.54) is 4.90 Å². The fourth-order valence-corrected chi connectivity index (χ4v) is 1.78. The van der Waals surface area contributed by atoms with Crippen LogP contribution in [-0.4, -0.2) is 28.9 Å². The maximum absolute atomic E-state index is 13.6. The molecule has 0 bridgehead atoms. The van der Waals surface area contributed by atoms with Crippen molar-refractivity contribution >= 4 is 23.1 Å². The number of amides is 1. The largest absolute Gasteiger partial charge is 0.416 e.